The largest absolute Gasteiger partial charge is 0.296 e. The predicted octanol–water partition coefficient (Wildman–Crippen LogP) is 1.11. The highest BCUT2D eigenvalue weighted by atomic mass is 19.3. The van der Waals surface area contributed by atoms with Gasteiger partial charge in [0, 0.05) is 25.4 Å². The summed E-state index contributed by atoms with van der Waals surface area (Å²) in [6, 6.07) is 1.67. The van der Waals surface area contributed by atoms with Crippen molar-refractivity contribution in [2.45, 2.75) is 19.4 Å². The topological polar surface area (TPSA) is 34.9 Å². The van der Waals surface area contributed by atoms with Crippen LogP contribution in [0.3, 0.4) is 0 Å². The maximum atomic E-state index is 11.7. The Hall–Kier alpha value is -1.26. The number of nitrogens with zero attached hydrogens (tertiary/aromatic N) is 2. The number of rotatable bonds is 4. The fraction of sp³-hybridized carbons (Fsp3) is 0.429. The van der Waals surface area contributed by atoms with E-state index in [9.17, 15) is 13.6 Å². The lowest BCUT2D eigenvalue weighted by molar-refractivity contribution is -0.129. The summed E-state index contributed by atoms with van der Waals surface area (Å²) in [5.74, 6) is -1.04. The molecule has 1 rings (SSSR count). The molecule has 0 amide bonds. The first-order chi connectivity index (χ1) is 5.70. The summed E-state index contributed by atoms with van der Waals surface area (Å²) in [6.45, 7) is 0.218. The third-order valence-corrected chi connectivity index (χ3v) is 1.39. The Kier molecular flexibility index (Phi) is 2.90. The number of carbonyl (C=O) groups is 1. The molecule has 0 N–H and O–H groups in total. The number of Topliss-reactive ketones (excluding diaryl/α,β-unsaturated/α-hetero) is 1. The van der Waals surface area contributed by atoms with E-state index < -0.39 is 12.2 Å². The van der Waals surface area contributed by atoms with Gasteiger partial charge in [-0.25, -0.2) is 8.78 Å². The number of aromatic nitrogens is 2. The number of hydrogen-bond donors (Lipinski definition) is 0. The molecule has 0 aliphatic rings. The molecule has 5 heteroatoms. The lowest BCUT2D eigenvalue weighted by Crippen LogP contribution is -2.13. The van der Waals surface area contributed by atoms with Crippen LogP contribution in [0.25, 0.3) is 0 Å². The van der Waals surface area contributed by atoms with E-state index in [2.05, 4.69) is 5.10 Å². The summed E-state index contributed by atoms with van der Waals surface area (Å²) in [6.07, 6.45) is 0.130. The summed E-state index contributed by atoms with van der Waals surface area (Å²) in [5.41, 5.74) is 0. The monoisotopic (exact) mass is 174 g/mol. The molecule has 0 aliphatic carbocycles. The Bertz CT molecular complexity index is 246. The Morgan fingerprint density at radius 3 is 2.83 bits per heavy atom. The highest BCUT2D eigenvalue weighted by molar-refractivity contribution is 5.81. The van der Waals surface area contributed by atoms with Crippen LogP contribution < -0.4 is 0 Å². The molecule has 0 spiro atoms. The van der Waals surface area contributed by atoms with Gasteiger partial charge < -0.3 is 0 Å². The van der Waals surface area contributed by atoms with E-state index in [0.717, 1.165) is 0 Å². The SMILES string of the molecule is O=C(CCn1cccn1)C(F)F. The van der Waals surface area contributed by atoms with Crippen molar-refractivity contribution in [3.8, 4) is 0 Å². The first-order valence-electron chi connectivity index (χ1n) is 3.48. The number of carbonyl (C=O) groups excluding carboxylic acids is 1. The summed E-state index contributed by atoms with van der Waals surface area (Å²) in [4.78, 5) is 10.4. The highest BCUT2D eigenvalue weighted by Crippen LogP contribution is 1.99. The normalized spacial score (nSPS) is 10.6. The van der Waals surface area contributed by atoms with Gasteiger partial charge in [-0.1, -0.05) is 0 Å². The van der Waals surface area contributed by atoms with E-state index >= 15 is 0 Å². The molecule has 1 aromatic heterocycles. The van der Waals surface area contributed by atoms with Gasteiger partial charge in [-0.05, 0) is 6.07 Å². The van der Waals surface area contributed by atoms with Gasteiger partial charge >= 0.3 is 0 Å². The summed E-state index contributed by atoms with van der Waals surface area (Å²) < 4.78 is 24.8. The minimum Gasteiger partial charge on any atom is -0.293 e. The minimum atomic E-state index is -2.86. The molecule has 0 saturated heterocycles. The van der Waals surface area contributed by atoms with Crippen molar-refractivity contribution in [1.82, 2.24) is 9.78 Å². The van der Waals surface area contributed by atoms with Gasteiger partial charge in [0.05, 0.1) is 0 Å². The second-order valence-corrected chi connectivity index (χ2v) is 2.29. The fourth-order valence-corrected chi connectivity index (χ4v) is 0.767. The maximum absolute atomic E-state index is 11.7. The number of aryl methyl sites for hydroxylation is 1. The molecular formula is C7H8F2N2O. The average molecular weight is 174 g/mol. The van der Waals surface area contributed by atoms with Crippen LogP contribution in [0.2, 0.25) is 0 Å². The smallest absolute Gasteiger partial charge is 0.293 e. The van der Waals surface area contributed by atoms with Crippen molar-refractivity contribution in [2.24, 2.45) is 0 Å². The predicted molar refractivity (Wildman–Crippen MR) is 37.9 cm³/mol. The van der Waals surface area contributed by atoms with E-state index in [1.165, 1.54) is 10.9 Å². The van der Waals surface area contributed by atoms with Gasteiger partial charge in [0.15, 0.2) is 0 Å². The van der Waals surface area contributed by atoms with E-state index in [-0.39, 0.29) is 13.0 Å². The molecule has 0 aromatic carbocycles. The van der Waals surface area contributed by atoms with Gasteiger partial charge in [0.2, 0.25) is 5.78 Å². The molecular weight excluding hydrogens is 166 g/mol. The van der Waals surface area contributed by atoms with Crippen LogP contribution in [0.5, 0.6) is 0 Å². The molecule has 1 heterocycles. The van der Waals surface area contributed by atoms with Crippen LogP contribution in [0, 0.1) is 0 Å². The third-order valence-electron chi connectivity index (χ3n) is 1.39. The van der Waals surface area contributed by atoms with Crippen LogP contribution in [-0.2, 0) is 11.3 Å². The Morgan fingerprint density at radius 1 is 1.58 bits per heavy atom. The first kappa shape index (κ1) is 8.83. The van der Waals surface area contributed by atoms with Crippen molar-refractivity contribution < 1.29 is 13.6 Å². The first-order valence-corrected chi connectivity index (χ1v) is 3.48. The Labute approximate surface area is 68.0 Å². The second-order valence-electron chi connectivity index (χ2n) is 2.29. The molecule has 0 atom stereocenters. The molecule has 12 heavy (non-hydrogen) atoms. The zero-order valence-electron chi connectivity index (χ0n) is 6.28. The van der Waals surface area contributed by atoms with E-state index in [0.29, 0.717) is 0 Å². The molecule has 0 fully saturated rings. The van der Waals surface area contributed by atoms with Crippen LogP contribution >= 0.6 is 0 Å². The fourth-order valence-electron chi connectivity index (χ4n) is 0.767. The van der Waals surface area contributed by atoms with E-state index in [1.54, 1.807) is 12.3 Å². The molecule has 0 radical (unpaired) electrons. The average Bonchev–Trinajstić information content (AvgIpc) is 2.51. The summed E-state index contributed by atoms with van der Waals surface area (Å²) >= 11 is 0. The van der Waals surface area contributed by atoms with Crippen LogP contribution in [0.1, 0.15) is 6.42 Å². The molecule has 0 bridgehead atoms. The lowest BCUT2D eigenvalue weighted by Gasteiger charge is -1.99. The summed E-state index contributed by atoms with van der Waals surface area (Å²) in [7, 11) is 0. The van der Waals surface area contributed by atoms with Crippen molar-refractivity contribution in [2.75, 3.05) is 0 Å². The summed E-state index contributed by atoms with van der Waals surface area (Å²) in [5, 5.41) is 3.77. The van der Waals surface area contributed by atoms with E-state index in [4.69, 9.17) is 0 Å². The molecule has 66 valence electrons. The minimum absolute atomic E-state index is 0.167. The van der Waals surface area contributed by atoms with Gasteiger partial charge in [0.25, 0.3) is 6.43 Å². The van der Waals surface area contributed by atoms with Crippen molar-refractivity contribution in [3.05, 3.63) is 18.5 Å². The highest BCUT2D eigenvalue weighted by Gasteiger charge is 2.14. The number of alkyl halides is 2. The van der Waals surface area contributed by atoms with Crippen LogP contribution in [0.4, 0.5) is 8.78 Å². The van der Waals surface area contributed by atoms with Gasteiger partial charge in [0.1, 0.15) is 0 Å². The second kappa shape index (κ2) is 3.94. The van der Waals surface area contributed by atoms with Gasteiger partial charge in [-0.2, -0.15) is 5.10 Å². The number of hydrogen-bond acceptors (Lipinski definition) is 2. The number of halogens is 2. The third kappa shape index (κ3) is 2.41. The number of ketones is 1. The van der Waals surface area contributed by atoms with Gasteiger partial charge in [-0.3, -0.25) is 9.48 Å². The van der Waals surface area contributed by atoms with Crippen LogP contribution in [0.15, 0.2) is 18.5 Å². The zero-order valence-corrected chi connectivity index (χ0v) is 6.28. The molecule has 0 unspecified atom stereocenters. The van der Waals surface area contributed by atoms with E-state index in [1.807, 2.05) is 0 Å². The van der Waals surface area contributed by atoms with Crippen LogP contribution in [-0.4, -0.2) is 22.0 Å². The standard InChI is InChI=1S/C7H8F2N2O/c8-7(9)6(12)2-5-11-4-1-3-10-11/h1,3-4,7H,2,5H2. The molecule has 0 aliphatic heterocycles. The lowest BCUT2D eigenvalue weighted by atomic mass is 10.3. The molecule has 3 nitrogen and oxygen atoms in total. The van der Waals surface area contributed by atoms with Crippen molar-refractivity contribution >= 4 is 5.78 Å². The van der Waals surface area contributed by atoms with Gasteiger partial charge in [-0.15, -0.1) is 0 Å². The Morgan fingerprint density at radius 2 is 2.33 bits per heavy atom. The molecule has 0 saturated carbocycles. The maximum Gasteiger partial charge on any atom is 0.296 e. The molecule has 1 aromatic rings. The Balaban J connectivity index is 2.32. The van der Waals surface area contributed by atoms with Crippen molar-refractivity contribution in [3.63, 3.8) is 0 Å². The zero-order chi connectivity index (χ0) is 8.97. The quantitative estimate of drug-likeness (QED) is 0.685. The van der Waals surface area contributed by atoms with Crippen molar-refractivity contribution in [1.29, 1.82) is 0 Å².